The fourth-order valence-electron chi connectivity index (χ4n) is 3.00. The average Bonchev–Trinajstić information content (AvgIpc) is 2.54. The molecule has 0 aromatic heterocycles. The number of halogens is 1. The van der Waals surface area contributed by atoms with Crippen LogP contribution in [0.4, 0.5) is 4.39 Å². The standard InChI is InChI=1S/C19H20FNO2/c1-13-11-21(12-14(2)23-13)19(22)17-5-3-4-16(10-17)15-6-8-18(20)9-7-15/h3-10,13-14H,11-12H2,1-2H3. The van der Waals surface area contributed by atoms with E-state index in [9.17, 15) is 9.18 Å². The van der Waals surface area contributed by atoms with Crippen LogP contribution in [0.5, 0.6) is 0 Å². The first-order valence-electron chi connectivity index (χ1n) is 7.83. The summed E-state index contributed by atoms with van der Waals surface area (Å²) in [6.45, 7) is 5.16. The van der Waals surface area contributed by atoms with Crippen LogP contribution in [0.3, 0.4) is 0 Å². The van der Waals surface area contributed by atoms with Gasteiger partial charge >= 0.3 is 0 Å². The molecule has 3 nitrogen and oxygen atoms in total. The van der Waals surface area contributed by atoms with Crippen molar-refractivity contribution in [1.82, 2.24) is 4.90 Å². The number of amides is 1. The van der Waals surface area contributed by atoms with Crippen LogP contribution in [-0.4, -0.2) is 36.1 Å². The molecule has 0 bridgehead atoms. The summed E-state index contributed by atoms with van der Waals surface area (Å²) < 4.78 is 18.7. The van der Waals surface area contributed by atoms with Crippen LogP contribution in [-0.2, 0) is 4.74 Å². The molecule has 0 aliphatic carbocycles. The maximum Gasteiger partial charge on any atom is 0.254 e. The SMILES string of the molecule is CC1CN(C(=O)c2cccc(-c3ccc(F)cc3)c2)CC(C)O1. The Balaban J connectivity index is 1.84. The van der Waals surface area contributed by atoms with Crippen molar-refractivity contribution in [1.29, 1.82) is 0 Å². The largest absolute Gasteiger partial charge is 0.372 e. The van der Waals surface area contributed by atoms with Gasteiger partial charge in [-0.15, -0.1) is 0 Å². The van der Waals surface area contributed by atoms with Gasteiger partial charge in [0.1, 0.15) is 5.82 Å². The number of ether oxygens (including phenoxy) is 1. The van der Waals surface area contributed by atoms with Crippen molar-refractivity contribution in [3.63, 3.8) is 0 Å². The molecular formula is C19H20FNO2. The van der Waals surface area contributed by atoms with Gasteiger partial charge in [-0.25, -0.2) is 4.39 Å². The first-order valence-corrected chi connectivity index (χ1v) is 7.83. The average molecular weight is 313 g/mol. The van der Waals surface area contributed by atoms with Gasteiger partial charge in [-0.3, -0.25) is 4.79 Å². The maximum atomic E-state index is 13.1. The van der Waals surface area contributed by atoms with E-state index in [2.05, 4.69) is 0 Å². The molecule has 0 radical (unpaired) electrons. The molecule has 0 spiro atoms. The summed E-state index contributed by atoms with van der Waals surface area (Å²) in [5, 5.41) is 0. The summed E-state index contributed by atoms with van der Waals surface area (Å²) in [7, 11) is 0. The molecular weight excluding hydrogens is 293 g/mol. The molecule has 1 aliphatic rings. The van der Waals surface area contributed by atoms with Crippen molar-refractivity contribution in [3.05, 3.63) is 59.9 Å². The van der Waals surface area contributed by atoms with Crippen LogP contribution >= 0.6 is 0 Å². The second-order valence-corrected chi connectivity index (χ2v) is 6.06. The third-order valence-electron chi connectivity index (χ3n) is 3.99. The number of hydrogen-bond acceptors (Lipinski definition) is 2. The van der Waals surface area contributed by atoms with Crippen molar-refractivity contribution in [2.75, 3.05) is 13.1 Å². The summed E-state index contributed by atoms with van der Waals surface area (Å²) in [5.74, 6) is -0.256. The van der Waals surface area contributed by atoms with Crippen LogP contribution in [0.25, 0.3) is 11.1 Å². The topological polar surface area (TPSA) is 29.5 Å². The van der Waals surface area contributed by atoms with Gasteiger partial charge in [0.2, 0.25) is 0 Å². The summed E-state index contributed by atoms with van der Waals surface area (Å²) in [5.41, 5.74) is 2.45. The predicted octanol–water partition coefficient (Wildman–Crippen LogP) is 3.74. The molecule has 0 saturated carbocycles. The molecule has 23 heavy (non-hydrogen) atoms. The lowest BCUT2D eigenvalue weighted by atomic mass is 10.0. The van der Waals surface area contributed by atoms with Crippen LogP contribution < -0.4 is 0 Å². The highest BCUT2D eigenvalue weighted by atomic mass is 19.1. The van der Waals surface area contributed by atoms with Crippen LogP contribution in [0.2, 0.25) is 0 Å². The monoisotopic (exact) mass is 313 g/mol. The lowest BCUT2D eigenvalue weighted by molar-refractivity contribution is -0.0586. The minimum atomic E-state index is -0.266. The fourth-order valence-corrected chi connectivity index (χ4v) is 3.00. The Kier molecular flexibility index (Phi) is 4.44. The van der Waals surface area contributed by atoms with Crippen molar-refractivity contribution in [3.8, 4) is 11.1 Å². The van der Waals surface area contributed by atoms with E-state index >= 15 is 0 Å². The molecule has 4 heteroatoms. The Morgan fingerprint density at radius 2 is 1.70 bits per heavy atom. The molecule has 2 aromatic rings. The van der Waals surface area contributed by atoms with Gasteiger partial charge in [-0.2, -0.15) is 0 Å². The van der Waals surface area contributed by atoms with E-state index in [0.29, 0.717) is 18.7 Å². The summed E-state index contributed by atoms with van der Waals surface area (Å²) in [4.78, 5) is 14.6. The second kappa shape index (κ2) is 6.50. The normalized spacial score (nSPS) is 21.3. The van der Waals surface area contributed by atoms with E-state index in [0.717, 1.165) is 11.1 Å². The first-order chi connectivity index (χ1) is 11.0. The molecule has 0 N–H and O–H groups in total. The third kappa shape index (κ3) is 3.59. The Labute approximate surface area is 135 Å². The molecule has 2 unspecified atom stereocenters. The third-order valence-corrected chi connectivity index (χ3v) is 3.99. The zero-order valence-electron chi connectivity index (χ0n) is 13.3. The molecule has 3 rings (SSSR count). The number of hydrogen-bond donors (Lipinski definition) is 0. The Bertz CT molecular complexity index is 689. The van der Waals surface area contributed by atoms with Gasteiger partial charge in [-0.05, 0) is 49.2 Å². The minimum Gasteiger partial charge on any atom is -0.372 e. The number of benzene rings is 2. The fraction of sp³-hybridized carbons (Fsp3) is 0.316. The quantitative estimate of drug-likeness (QED) is 0.845. The summed E-state index contributed by atoms with van der Waals surface area (Å²) in [6, 6.07) is 13.8. The van der Waals surface area contributed by atoms with Gasteiger partial charge in [-0.1, -0.05) is 24.3 Å². The molecule has 1 amide bonds. The van der Waals surface area contributed by atoms with E-state index in [1.165, 1.54) is 12.1 Å². The first kappa shape index (κ1) is 15.7. The number of nitrogens with zero attached hydrogens (tertiary/aromatic N) is 1. The number of rotatable bonds is 2. The van der Waals surface area contributed by atoms with Gasteiger partial charge in [0.15, 0.2) is 0 Å². The molecule has 1 heterocycles. The molecule has 1 fully saturated rings. The zero-order chi connectivity index (χ0) is 16.4. The minimum absolute atomic E-state index is 0.0101. The van der Waals surface area contributed by atoms with Gasteiger partial charge < -0.3 is 9.64 Å². The predicted molar refractivity (Wildman–Crippen MR) is 87.7 cm³/mol. The molecule has 1 saturated heterocycles. The van der Waals surface area contributed by atoms with Gasteiger partial charge in [0.25, 0.3) is 5.91 Å². The van der Waals surface area contributed by atoms with Crippen LogP contribution in [0.1, 0.15) is 24.2 Å². The number of morpholine rings is 1. The maximum absolute atomic E-state index is 13.1. The Hall–Kier alpha value is -2.20. The van der Waals surface area contributed by atoms with Crippen LogP contribution in [0, 0.1) is 5.82 Å². The number of carbonyl (C=O) groups excluding carboxylic acids is 1. The van der Waals surface area contributed by atoms with Crippen molar-refractivity contribution in [2.24, 2.45) is 0 Å². The second-order valence-electron chi connectivity index (χ2n) is 6.06. The highest BCUT2D eigenvalue weighted by Gasteiger charge is 2.26. The van der Waals surface area contributed by atoms with Crippen LogP contribution in [0.15, 0.2) is 48.5 Å². The summed E-state index contributed by atoms with van der Waals surface area (Å²) >= 11 is 0. The van der Waals surface area contributed by atoms with E-state index in [-0.39, 0.29) is 23.9 Å². The van der Waals surface area contributed by atoms with Crippen molar-refractivity contribution >= 4 is 5.91 Å². The zero-order valence-corrected chi connectivity index (χ0v) is 13.3. The van der Waals surface area contributed by atoms with Crippen molar-refractivity contribution in [2.45, 2.75) is 26.1 Å². The van der Waals surface area contributed by atoms with E-state index in [1.807, 2.05) is 43.0 Å². The van der Waals surface area contributed by atoms with E-state index in [1.54, 1.807) is 12.1 Å². The smallest absolute Gasteiger partial charge is 0.254 e. The van der Waals surface area contributed by atoms with Gasteiger partial charge in [0, 0.05) is 18.7 Å². The molecule has 2 atom stereocenters. The Morgan fingerprint density at radius 3 is 2.35 bits per heavy atom. The van der Waals surface area contributed by atoms with E-state index in [4.69, 9.17) is 4.74 Å². The molecule has 2 aromatic carbocycles. The van der Waals surface area contributed by atoms with Gasteiger partial charge in [0.05, 0.1) is 12.2 Å². The molecule has 120 valence electrons. The highest BCUT2D eigenvalue weighted by molar-refractivity contribution is 5.95. The van der Waals surface area contributed by atoms with Crippen molar-refractivity contribution < 1.29 is 13.9 Å². The highest BCUT2D eigenvalue weighted by Crippen LogP contribution is 2.22. The van der Waals surface area contributed by atoms with E-state index < -0.39 is 0 Å². The lowest BCUT2D eigenvalue weighted by Crippen LogP contribution is -2.48. The number of carbonyl (C=O) groups is 1. The molecule has 1 aliphatic heterocycles. The Morgan fingerprint density at radius 1 is 1.04 bits per heavy atom. The summed E-state index contributed by atoms with van der Waals surface area (Å²) in [6.07, 6.45) is 0.0889. The lowest BCUT2D eigenvalue weighted by Gasteiger charge is -2.35.